The average molecular weight is 347 g/mol. The first kappa shape index (κ1) is 17.9. The molecule has 1 N–H and O–H groups in total. The minimum atomic E-state index is -3.88. The molecule has 7 heteroatoms. The van der Waals surface area contributed by atoms with Gasteiger partial charge in [-0.2, -0.15) is 0 Å². The summed E-state index contributed by atoms with van der Waals surface area (Å²) in [5.41, 5.74) is 0.506. The first-order valence-corrected chi connectivity index (χ1v) is 9.21. The Morgan fingerprint density at radius 2 is 1.96 bits per heavy atom. The zero-order chi connectivity index (χ0) is 17.6. The summed E-state index contributed by atoms with van der Waals surface area (Å²) in [4.78, 5) is 18.0. The lowest BCUT2D eigenvalue weighted by Crippen LogP contribution is -2.29. The summed E-state index contributed by atoms with van der Waals surface area (Å²) in [5.74, 6) is -0.310. The lowest BCUT2D eigenvalue weighted by atomic mass is 10.2. The van der Waals surface area contributed by atoms with Gasteiger partial charge in [0.05, 0.1) is 17.4 Å². The molecule has 1 heterocycles. The summed E-state index contributed by atoms with van der Waals surface area (Å²) in [5, 5.41) is 0. The van der Waals surface area contributed by atoms with E-state index in [-0.39, 0.29) is 16.4 Å². The van der Waals surface area contributed by atoms with Crippen LogP contribution in [0.3, 0.4) is 0 Å². The van der Waals surface area contributed by atoms with E-state index in [4.69, 9.17) is 0 Å². The number of hydrogen-bond donors (Lipinski definition) is 1. The van der Waals surface area contributed by atoms with Gasteiger partial charge in [0, 0.05) is 19.8 Å². The minimum absolute atomic E-state index is 0.0396. The highest BCUT2D eigenvalue weighted by molar-refractivity contribution is 7.92. The molecule has 6 nitrogen and oxygen atoms in total. The van der Waals surface area contributed by atoms with Gasteiger partial charge >= 0.3 is 0 Å². The molecule has 0 saturated carbocycles. The van der Waals surface area contributed by atoms with Crippen LogP contribution >= 0.6 is 0 Å². The van der Waals surface area contributed by atoms with Gasteiger partial charge in [0.15, 0.2) is 0 Å². The van der Waals surface area contributed by atoms with Crippen molar-refractivity contribution in [3.05, 3.63) is 54.4 Å². The maximum Gasteiger partial charge on any atom is 0.262 e. The number of anilines is 1. The van der Waals surface area contributed by atoms with Crippen LogP contribution in [0.4, 0.5) is 5.69 Å². The van der Waals surface area contributed by atoms with Gasteiger partial charge in [0.2, 0.25) is 0 Å². The number of carbonyl (C=O) groups is 1. The lowest BCUT2D eigenvalue weighted by Gasteiger charge is -2.19. The smallest absolute Gasteiger partial charge is 0.262 e. The fraction of sp³-hybridized carbons (Fsp3) is 0.294. The fourth-order valence-corrected chi connectivity index (χ4v) is 3.46. The van der Waals surface area contributed by atoms with E-state index in [9.17, 15) is 13.2 Å². The van der Waals surface area contributed by atoms with Crippen molar-refractivity contribution in [3.8, 4) is 0 Å². The summed E-state index contributed by atoms with van der Waals surface area (Å²) >= 11 is 0. The molecule has 1 amide bonds. The van der Waals surface area contributed by atoms with Gasteiger partial charge in [0.25, 0.3) is 15.9 Å². The molecule has 0 unspecified atom stereocenters. The van der Waals surface area contributed by atoms with E-state index in [0.717, 1.165) is 12.8 Å². The number of benzene rings is 1. The number of pyridine rings is 1. The maximum absolute atomic E-state index is 12.7. The zero-order valence-electron chi connectivity index (χ0n) is 13.8. The molecule has 0 radical (unpaired) electrons. The van der Waals surface area contributed by atoms with Crippen molar-refractivity contribution in [2.24, 2.45) is 0 Å². The topological polar surface area (TPSA) is 79.4 Å². The van der Waals surface area contributed by atoms with Crippen LogP contribution in [-0.2, 0) is 10.0 Å². The highest BCUT2D eigenvalue weighted by atomic mass is 32.2. The summed E-state index contributed by atoms with van der Waals surface area (Å²) in [6.45, 7) is 2.62. The van der Waals surface area contributed by atoms with E-state index >= 15 is 0 Å². The molecule has 0 spiro atoms. The van der Waals surface area contributed by atoms with Crippen molar-refractivity contribution in [2.45, 2.75) is 24.7 Å². The van der Waals surface area contributed by atoms with E-state index in [1.807, 2.05) is 6.92 Å². The molecular weight excluding hydrogens is 326 g/mol. The molecule has 0 saturated heterocycles. The Kier molecular flexibility index (Phi) is 5.92. The summed E-state index contributed by atoms with van der Waals surface area (Å²) < 4.78 is 27.8. The first-order valence-electron chi connectivity index (χ1n) is 7.73. The second-order valence-corrected chi connectivity index (χ2v) is 7.07. The number of rotatable bonds is 7. The Morgan fingerprint density at radius 3 is 2.62 bits per heavy atom. The Hall–Kier alpha value is -2.41. The van der Waals surface area contributed by atoms with Crippen molar-refractivity contribution in [2.75, 3.05) is 18.3 Å². The van der Waals surface area contributed by atoms with Crippen LogP contribution in [0.1, 0.15) is 30.1 Å². The molecule has 1 aromatic heterocycles. The predicted octanol–water partition coefficient (Wildman–Crippen LogP) is 2.75. The number of hydrogen-bond acceptors (Lipinski definition) is 4. The van der Waals surface area contributed by atoms with Gasteiger partial charge in [-0.15, -0.1) is 0 Å². The summed E-state index contributed by atoms with van der Waals surface area (Å²) in [6.07, 6.45) is 4.79. The van der Waals surface area contributed by atoms with E-state index in [1.165, 1.54) is 18.3 Å². The SMILES string of the molecule is CCCCN(C)C(=O)c1ccccc1S(=O)(=O)Nc1cccnc1. The molecule has 0 aliphatic rings. The van der Waals surface area contributed by atoms with E-state index < -0.39 is 10.0 Å². The molecular formula is C17H21N3O3S. The predicted molar refractivity (Wildman–Crippen MR) is 93.4 cm³/mol. The third-order valence-electron chi connectivity index (χ3n) is 3.51. The molecule has 0 aliphatic heterocycles. The van der Waals surface area contributed by atoms with Crippen LogP contribution in [0.15, 0.2) is 53.7 Å². The molecule has 24 heavy (non-hydrogen) atoms. The highest BCUT2D eigenvalue weighted by Crippen LogP contribution is 2.20. The number of aromatic nitrogens is 1. The number of carbonyl (C=O) groups excluding carboxylic acids is 1. The molecule has 0 aliphatic carbocycles. The highest BCUT2D eigenvalue weighted by Gasteiger charge is 2.24. The van der Waals surface area contributed by atoms with Crippen molar-refractivity contribution in [3.63, 3.8) is 0 Å². The largest absolute Gasteiger partial charge is 0.342 e. The molecule has 0 fully saturated rings. The third-order valence-corrected chi connectivity index (χ3v) is 4.95. The Morgan fingerprint density at radius 1 is 1.21 bits per heavy atom. The quantitative estimate of drug-likeness (QED) is 0.835. The number of nitrogens with one attached hydrogen (secondary N) is 1. The molecule has 2 aromatic rings. The number of sulfonamides is 1. The van der Waals surface area contributed by atoms with E-state index in [0.29, 0.717) is 12.2 Å². The summed E-state index contributed by atoms with van der Waals surface area (Å²) in [6, 6.07) is 9.45. The molecule has 1 aromatic carbocycles. The average Bonchev–Trinajstić information content (AvgIpc) is 2.59. The van der Waals surface area contributed by atoms with Gasteiger partial charge in [0.1, 0.15) is 4.90 Å². The third kappa shape index (κ3) is 4.32. The Balaban J connectivity index is 2.32. The zero-order valence-corrected chi connectivity index (χ0v) is 14.6. The van der Waals surface area contributed by atoms with Crippen LogP contribution in [0.25, 0.3) is 0 Å². The van der Waals surface area contributed by atoms with Crippen LogP contribution in [0.2, 0.25) is 0 Å². The van der Waals surface area contributed by atoms with Crippen molar-refractivity contribution < 1.29 is 13.2 Å². The standard InChI is InChI=1S/C17H21N3O3S/c1-3-4-12-20(2)17(21)15-9-5-6-10-16(15)24(22,23)19-14-8-7-11-18-13-14/h5-11,13,19H,3-4,12H2,1-2H3. The van der Waals surface area contributed by atoms with Crippen LogP contribution in [-0.4, -0.2) is 37.8 Å². The van der Waals surface area contributed by atoms with Crippen molar-refractivity contribution >= 4 is 21.6 Å². The Bertz CT molecular complexity index is 792. The van der Waals surface area contributed by atoms with E-state index in [2.05, 4.69) is 9.71 Å². The second kappa shape index (κ2) is 7.92. The molecule has 0 bridgehead atoms. The van der Waals surface area contributed by atoms with Gasteiger partial charge in [-0.25, -0.2) is 8.42 Å². The van der Waals surface area contributed by atoms with Gasteiger partial charge < -0.3 is 4.90 Å². The van der Waals surface area contributed by atoms with Crippen LogP contribution in [0.5, 0.6) is 0 Å². The number of unbranched alkanes of at least 4 members (excludes halogenated alkanes) is 1. The van der Waals surface area contributed by atoms with Crippen LogP contribution in [0, 0.1) is 0 Å². The number of nitrogens with zero attached hydrogens (tertiary/aromatic N) is 2. The van der Waals surface area contributed by atoms with Gasteiger partial charge in [-0.3, -0.25) is 14.5 Å². The lowest BCUT2D eigenvalue weighted by molar-refractivity contribution is 0.0789. The maximum atomic E-state index is 12.7. The van der Waals surface area contributed by atoms with Crippen molar-refractivity contribution in [1.82, 2.24) is 9.88 Å². The van der Waals surface area contributed by atoms with Gasteiger partial charge in [-0.1, -0.05) is 25.5 Å². The molecule has 128 valence electrons. The normalized spacial score (nSPS) is 11.1. The monoisotopic (exact) mass is 347 g/mol. The Labute approximate surface area is 142 Å². The molecule has 2 rings (SSSR count). The summed E-state index contributed by atoms with van der Waals surface area (Å²) in [7, 11) is -2.20. The molecule has 0 atom stereocenters. The van der Waals surface area contributed by atoms with Crippen molar-refractivity contribution in [1.29, 1.82) is 0 Å². The first-order chi connectivity index (χ1) is 11.5. The van der Waals surface area contributed by atoms with E-state index in [1.54, 1.807) is 42.4 Å². The van der Waals surface area contributed by atoms with Crippen LogP contribution < -0.4 is 4.72 Å². The minimum Gasteiger partial charge on any atom is -0.342 e. The van der Waals surface area contributed by atoms with Gasteiger partial charge in [-0.05, 0) is 30.7 Å². The second-order valence-electron chi connectivity index (χ2n) is 5.42. The number of amides is 1. The fourth-order valence-electron chi connectivity index (χ4n) is 2.21.